The number of hydrogen-bond donors (Lipinski definition) is 0. The number of nitrogens with zero attached hydrogens (tertiary/aromatic N) is 3. The molecular weight excluding hydrogens is 490 g/mol. The molecule has 0 fully saturated rings. The minimum Gasteiger partial charge on any atom is -0.497 e. The van der Waals surface area contributed by atoms with E-state index in [-0.39, 0.29) is 36.6 Å². The summed E-state index contributed by atoms with van der Waals surface area (Å²) >= 11 is 1.69. The van der Waals surface area contributed by atoms with Crippen LogP contribution in [0.1, 0.15) is 27.6 Å². The third-order valence-corrected chi connectivity index (χ3v) is 7.22. The number of methoxy groups -OCH3 is 1. The van der Waals surface area contributed by atoms with Crippen molar-refractivity contribution < 1.29 is 19.2 Å². The maximum absolute atomic E-state index is 13.6. The number of carbonyl (C=O) groups is 2. The third-order valence-electron chi connectivity index (χ3n) is 6.23. The molecule has 8 nitrogen and oxygen atoms in total. The second-order valence-electron chi connectivity index (χ2n) is 8.50. The Hall–Kier alpha value is -4.24. The summed E-state index contributed by atoms with van der Waals surface area (Å²) in [7, 11) is 1.61. The Morgan fingerprint density at radius 2 is 1.92 bits per heavy atom. The summed E-state index contributed by atoms with van der Waals surface area (Å²) in [6.45, 7) is 4.40. The lowest BCUT2D eigenvalue weighted by Gasteiger charge is -2.37. The van der Waals surface area contributed by atoms with Gasteiger partial charge in [0.05, 0.1) is 18.1 Å². The van der Waals surface area contributed by atoms with E-state index >= 15 is 0 Å². The monoisotopic (exact) mass is 517 g/mol. The fourth-order valence-electron chi connectivity index (χ4n) is 4.35. The van der Waals surface area contributed by atoms with Crippen LogP contribution in [0.15, 0.2) is 78.7 Å². The molecule has 1 aliphatic heterocycles. The van der Waals surface area contributed by atoms with Gasteiger partial charge in [-0.3, -0.25) is 19.7 Å². The number of amides is 2. The van der Waals surface area contributed by atoms with E-state index in [1.54, 1.807) is 42.7 Å². The van der Waals surface area contributed by atoms with Crippen molar-refractivity contribution in [2.45, 2.75) is 12.5 Å². The number of benzene rings is 2. The molecular formula is C28H27N3O5S. The maximum atomic E-state index is 13.6. The standard InChI is InChI=1S/C28H27N3O5S/c1-3-16-29(26(32)13-6-20-4-9-22(10-5-20)31(34)35)19-27(33)30-17-14-25-24(15-18-37-25)28(30)21-7-11-23(36-2)12-8-21/h3-13,15,18,28H,1,14,16-17,19H2,2H3/b13-6+/t28-/m0/s1. The van der Waals surface area contributed by atoms with Crippen molar-refractivity contribution >= 4 is 34.9 Å². The van der Waals surface area contributed by atoms with Crippen LogP contribution in [0.25, 0.3) is 6.08 Å². The molecule has 0 saturated carbocycles. The lowest BCUT2D eigenvalue weighted by molar-refractivity contribution is -0.384. The van der Waals surface area contributed by atoms with E-state index in [4.69, 9.17) is 4.74 Å². The van der Waals surface area contributed by atoms with E-state index in [2.05, 4.69) is 12.6 Å². The molecule has 1 aromatic heterocycles. The highest BCUT2D eigenvalue weighted by atomic mass is 32.1. The number of rotatable bonds is 9. The van der Waals surface area contributed by atoms with Crippen LogP contribution in [-0.2, 0) is 16.0 Å². The van der Waals surface area contributed by atoms with Gasteiger partial charge in [0.1, 0.15) is 12.3 Å². The predicted octanol–water partition coefficient (Wildman–Crippen LogP) is 4.87. The summed E-state index contributed by atoms with van der Waals surface area (Å²) in [5.41, 5.74) is 2.70. The van der Waals surface area contributed by atoms with Gasteiger partial charge in [-0.15, -0.1) is 17.9 Å². The first kappa shape index (κ1) is 25.8. The number of fused-ring (bicyclic) bond motifs is 1. The molecule has 2 heterocycles. The van der Waals surface area contributed by atoms with Crippen molar-refractivity contribution in [1.82, 2.24) is 9.80 Å². The molecule has 0 saturated heterocycles. The van der Waals surface area contributed by atoms with Gasteiger partial charge in [0, 0.05) is 36.2 Å². The largest absolute Gasteiger partial charge is 0.497 e. The topological polar surface area (TPSA) is 93.0 Å². The third kappa shape index (κ3) is 5.95. The zero-order valence-corrected chi connectivity index (χ0v) is 21.2. The van der Waals surface area contributed by atoms with Crippen molar-refractivity contribution in [3.05, 3.63) is 110 Å². The number of carbonyl (C=O) groups excluding carboxylic acids is 2. The molecule has 1 aliphatic rings. The van der Waals surface area contributed by atoms with E-state index in [0.29, 0.717) is 12.1 Å². The van der Waals surface area contributed by atoms with Crippen molar-refractivity contribution in [2.75, 3.05) is 26.7 Å². The second-order valence-corrected chi connectivity index (χ2v) is 9.50. The van der Waals surface area contributed by atoms with Gasteiger partial charge >= 0.3 is 0 Å². The summed E-state index contributed by atoms with van der Waals surface area (Å²) in [4.78, 5) is 41.5. The lowest BCUT2D eigenvalue weighted by Crippen LogP contribution is -2.46. The van der Waals surface area contributed by atoms with Gasteiger partial charge in [0.25, 0.3) is 5.69 Å². The van der Waals surface area contributed by atoms with Gasteiger partial charge in [-0.25, -0.2) is 0 Å². The van der Waals surface area contributed by atoms with E-state index < -0.39 is 4.92 Å². The molecule has 4 rings (SSSR count). The summed E-state index contributed by atoms with van der Waals surface area (Å²) in [5.74, 6) is 0.239. The van der Waals surface area contributed by atoms with Gasteiger partial charge < -0.3 is 14.5 Å². The Balaban J connectivity index is 1.52. The van der Waals surface area contributed by atoms with Crippen LogP contribution in [-0.4, -0.2) is 53.3 Å². The summed E-state index contributed by atoms with van der Waals surface area (Å²) in [6.07, 6.45) is 5.29. The minimum atomic E-state index is -0.477. The number of non-ortho nitro benzene ring substituents is 1. The zero-order chi connectivity index (χ0) is 26.4. The highest BCUT2D eigenvalue weighted by Gasteiger charge is 2.33. The van der Waals surface area contributed by atoms with Gasteiger partial charge in [-0.05, 0) is 64.9 Å². The van der Waals surface area contributed by atoms with Gasteiger partial charge in [-0.2, -0.15) is 0 Å². The molecule has 0 aliphatic carbocycles. The molecule has 1 atom stereocenters. The van der Waals surface area contributed by atoms with E-state index in [1.165, 1.54) is 28.0 Å². The Labute approximate surface area is 219 Å². The second kappa shape index (κ2) is 11.7. The predicted molar refractivity (Wildman–Crippen MR) is 143 cm³/mol. The summed E-state index contributed by atoms with van der Waals surface area (Å²) < 4.78 is 5.29. The van der Waals surface area contributed by atoms with Crippen molar-refractivity contribution in [3.8, 4) is 5.75 Å². The van der Waals surface area contributed by atoms with Crippen LogP contribution in [0, 0.1) is 10.1 Å². The normalized spacial score (nSPS) is 14.7. The van der Waals surface area contributed by atoms with Gasteiger partial charge in [-0.1, -0.05) is 18.2 Å². The molecule has 0 bridgehead atoms. The number of ether oxygens (including phenoxy) is 1. The first-order valence-corrected chi connectivity index (χ1v) is 12.6. The average Bonchev–Trinajstić information content (AvgIpc) is 3.40. The zero-order valence-electron chi connectivity index (χ0n) is 20.4. The molecule has 37 heavy (non-hydrogen) atoms. The van der Waals surface area contributed by atoms with E-state index in [0.717, 1.165) is 23.3 Å². The Morgan fingerprint density at radius 3 is 2.57 bits per heavy atom. The van der Waals surface area contributed by atoms with Crippen molar-refractivity contribution in [1.29, 1.82) is 0 Å². The SMILES string of the molecule is C=CCN(CC(=O)N1CCc2sccc2[C@@H]1c1ccc(OC)cc1)C(=O)/C=C/c1ccc([N+](=O)[O-])cc1. The highest BCUT2D eigenvalue weighted by molar-refractivity contribution is 7.10. The first-order chi connectivity index (χ1) is 17.9. The number of nitro benzene ring substituents is 1. The van der Waals surface area contributed by atoms with Crippen LogP contribution < -0.4 is 4.74 Å². The maximum Gasteiger partial charge on any atom is 0.269 e. The van der Waals surface area contributed by atoms with Crippen LogP contribution in [0.3, 0.4) is 0 Å². The van der Waals surface area contributed by atoms with Crippen molar-refractivity contribution in [2.24, 2.45) is 0 Å². The molecule has 0 unspecified atom stereocenters. The molecule has 0 N–H and O–H groups in total. The molecule has 0 spiro atoms. The highest BCUT2D eigenvalue weighted by Crippen LogP contribution is 2.38. The van der Waals surface area contributed by atoms with Gasteiger partial charge in [0.15, 0.2) is 0 Å². The number of thiophene rings is 1. The quantitative estimate of drug-likeness (QED) is 0.175. The minimum absolute atomic E-state index is 0.0240. The fraction of sp³-hybridized carbons (Fsp3) is 0.214. The average molecular weight is 518 g/mol. The molecule has 0 radical (unpaired) electrons. The molecule has 9 heteroatoms. The van der Waals surface area contributed by atoms with Crippen LogP contribution >= 0.6 is 11.3 Å². The summed E-state index contributed by atoms with van der Waals surface area (Å²) in [5, 5.41) is 12.9. The van der Waals surface area contributed by atoms with E-state index in [1.807, 2.05) is 34.5 Å². The molecule has 3 aromatic rings. The Kier molecular flexibility index (Phi) is 8.15. The first-order valence-electron chi connectivity index (χ1n) is 11.7. The molecule has 190 valence electrons. The molecule has 2 aromatic carbocycles. The number of nitro groups is 1. The smallest absolute Gasteiger partial charge is 0.269 e. The Bertz CT molecular complexity index is 1310. The van der Waals surface area contributed by atoms with E-state index in [9.17, 15) is 19.7 Å². The fourth-order valence-corrected chi connectivity index (χ4v) is 5.26. The van der Waals surface area contributed by atoms with Crippen LogP contribution in [0.2, 0.25) is 0 Å². The van der Waals surface area contributed by atoms with Crippen LogP contribution in [0.4, 0.5) is 5.69 Å². The number of hydrogen-bond acceptors (Lipinski definition) is 6. The van der Waals surface area contributed by atoms with Crippen LogP contribution in [0.5, 0.6) is 5.75 Å². The Morgan fingerprint density at radius 1 is 1.19 bits per heavy atom. The molecule has 2 amide bonds. The van der Waals surface area contributed by atoms with Crippen molar-refractivity contribution in [3.63, 3.8) is 0 Å². The summed E-state index contributed by atoms with van der Waals surface area (Å²) in [6, 6.07) is 15.4. The lowest BCUT2D eigenvalue weighted by atomic mass is 9.93. The van der Waals surface area contributed by atoms with Gasteiger partial charge in [0.2, 0.25) is 11.8 Å².